The van der Waals surface area contributed by atoms with Gasteiger partial charge >= 0.3 is 0 Å². The number of Topliss-reactive ketones (excluding diaryl/α,β-unsaturated/α-hetero) is 1. The van der Waals surface area contributed by atoms with E-state index in [0.29, 0.717) is 12.3 Å². The third-order valence-electron chi connectivity index (χ3n) is 6.25. The fraction of sp³-hybridized carbons (Fsp3) is 0.522. The van der Waals surface area contributed by atoms with E-state index in [1.165, 1.54) is 0 Å². The molecule has 0 unspecified atom stereocenters. The zero-order valence-corrected chi connectivity index (χ0v) is 17.4. The molecule has 0 saturated carbocycles. The van der Waals surface area contributed by atoms with Gasteiger partial charge in [0.1, 0.15) is 5.75 Å². The Balaban J connectivity index is 1.36. The van der Waals surface area contributed by atoms with Gasteiger partial charge in [-0.05, 0) is 44.9 Å². The molecular formula is C23H31N3O3. The number of aryl methyl sites for hydroxylation is 1. The minimum atomic E-state index is 0.188. The van der Waals surface area contributed by atoms with E-state index in [1.54, 1.807) is 6.07 Å². The first kappa shape index (κ1) is 20.0. The number of phenols is 1. The largest absolute Gasteiger partial charge is 0.506 e. The number of aromatic hydroxyl groups is 1. The summed E-state index contributed by atoms with van der Waals surface area (Å²) in [5.74, 6) is 0.503. The van der Waals surface area contributed by atoms with Gasteiger partial charge < -0.3 is 19.3 Å². The van der Waals surface area contributed by atoms with E-state index in [-0.39, 0.29) is 11.9 Å². The number of aromatic nitrogens is 1. The summed E-state index contributed by atoms with van der Waals surface area (Å²) >= 11 is 0. The normalized spacial score (nSPS) is 20.3. The van der Waals surface area contributed by atoms with Crippen LogP contribution in [-0.4, -0.2) is 65.8 Å². The molecule has 0 radical (unpaired) electrons. The maximum Gasteiger partial charge on any atom is 0.178 e. The standard InChI is InChI=1S/C23H31N3O3/c1-17-14-20(18(2)26(17)15-19-6-5-13-29-19)23(28)16-24-9-11-25(12-10-24)21-7-3-4-8-22(21)27/h3-4,7-8,14,19,27H,5-6,9-13,15-16H2,1-2H3/t19-/m0/s1. The number of hydrogen-bond acceptors (Lipinski definition) is 5. The molecule has 156 valence electrons. The van der Waals surface area contributed by atoms with Gasteiger partial charge in [-0.2, -0.15) is 0 Å². The van der Waals surface area contributed by atoms with E-state index in [2.05, 4.69) is 21.3 Å². The molecule has 0 spiro atoms. The van der Waals surface area contributed by atoms with Crippen molar-refractivity contribution in [3.05, 3.63) is 47.3 Å². The first-order valence-electron chi connectivity index (χ1n) is 10.6. The lowest BCUT2D eigenvalue weighted by atomic mass is 10.1. The van der Waals surface area contributed by atoms with Gasteiger partial charge in [-0.15, -0.1) is 0 Å². The molecule has 6 heteroatoms. The fourth-order valence-electron chi connectivity index (χ4n) is 4.52. The molecule has 1 aromatic heterocycles. The molecule has 2 saturated heterocycles. The fourth-order valence-corrected chi connectivity index (χ4v) is 4.52. The van der Waals surface area contributed by atoms with Gasteiger partial charge in [0.15, 0.2) is 5.78 Å². The number of para-hydroxylation sites is 2. The van der Waals surface area contributed by atoms with E-state index >= 15 is 0 Å². The molecule has 0 aliphatic carbocycles. The number of carbonyl (C=O) groups is 1. The van der Waals surface area contributed by atoms with Crippen molar-refractivity contribution < 1.29 is 14.6 Å². The van der Waals surface area contributed by atoms with Crippen LogP contribution in [0.3, 0.4) is 0 Å². The van der Waals surface area contributed by atoms with Gasteiger partial charge in [0.2, 0.25) is 0 Å². The molecule has 1 atom stereocenters. The van der Waals surface area contributed by atoms with Crippen LogP contribution >= 0.6 is 0 Å². The molecule has 3 heterocycles. The molecule has 2 fully saturated rings. The molecule has 2 aliphatic heterocycles. The van der Waals surface area contributed by atoms with Crippen LogP contribution in [0.25, 0.3) is 0 Å². The van der Waals surface area contributed by atoms with Gasteiger partial charge in [-0.25, -0.2) is 0 Å². The van der Waals surface area contributed by atoms with Crippen LogP contribution in [0, 0.1) is 13.8 Å². The van der Waals surface area contributed by atoms with E-state index in [0.717, 1.165) is 74.8 Å². The van der Waals surface area contributed by atoms with Crippen molar-refractivity contribution in [2.24, 2.45) is 0 Å². The second-order valence-corrected chi connectivity index (χ2v) is 8.21. The van der Waals surface area contributed by atoms with Crippen molar-refractivity contribution in [2.45, 2.75) is 39.3 Å². The number of piperazine rings is 1. The van der Waals surface area contributed by atoms with Crippen LogP contribution in [0.15, 0.2) is 30.3 Å². The number of rotatable bonds is 6. The number of carbonyl (C=O) groups excluding carboxylic acids is 1. The number of ether oxygens (including phenoxy) is 1. The number of ketones is 1. The highest BCUT2D eigenvalue weighted by molar-refractivity contribution is 5.99. The highest BCUT2D eigenvalue weighted by Gasteiger charge is 2.24. The van der Waals surface area contributed by atoms with E-state index in [4.69, 9.17) is 4.74 Å². The second kappa shape index (κ2) is 8.59. The van der Waals surface area contributed by atoms with Crippen molar-refractivity contribution in [1.82, 2.24) is 9.47 Å². The second-order valence-electron chi connectivity index (χ2n) is 8.21. The first-order chi connectivity index (χ1) is 14.0. The smallest absolute Gasteiger partial charge is 0.178 e. The summed E-state index contributed by atoms with van der Waals surface area (Å²) in [5.41, 5.74) is 3.89. The minimum Gasteiger partial charge on any atom is -0.506 e. The summed E-state index contributed by atoms with van der Waals surface area (Å²) in [6.07, 6.45) is 2.50. The summed E-state index contributed by atoms with van der Waals surface area (Å²) in [5, 5.41) is 10.1. The molecule has 0 amide bonds. The third kappa shape index (κ3) is 4.33. The zero-order valence-electron chi connectivity index (χ0n) is 17.4. The lowest BCUT2D eigenvalue weighted by Crippen LogP contribution is -2.48. The quantitative estimate of drug-likeness (QED) is 0.760. The Morgan fingerprint density at radius 1 is 1.17 bits per heavy atom. The summed E-state index contributed by atoms with van der Waals surface area (Å²) in [7, 11) is 0. The monoisotopic (exact) mass is 397 g/mol. The Hall–Kier alpha value is -2.31. The van der Waals surface area contributed by atoms with Crippen molar-refractivity contribution in [3.63, 3.8) is 0 Å². The van der Waals surface area contributed by atoms with Crippen LogP contribution in [0.2, 0.25) is 0 Å². The SMILES string of the molecule is Cc1cc(C(=O)CN2CCN(c3ccccc3O)CC2)c(C)n1C[C@@H]1CCCO1. The molecular weight excluding hydrogens is 366 g/mol. The van der Waals surface area contributed by atoms with Crippen LogP contribution in [0.5, 0.6) is 5.75 Å². The predicted molar refractivity (Wildman–Crippen MR) is 114 cm³/mol. The Bertz CT molecular complexity index is 862. The lowest BCUT2D eigenvalue weighted by Gasteiger charge is -2.36. The summed E-state index contributed by atoms with van der Waals surface area (Å²) in [4.78, 5) is 17.4. The van der Waals surface area contributed by atoms with Crippen LogP contribution in [0.4, 0.5) is 5.69 Å². The van der Waals surface area contributed by atoms with Crippen LogP contribution in [-0.2, 0) is 11.3 Å². The minimum absolute atomic E-state index is 0.188. The molecule has 6 nitrogen and oxygen atoms in total. The Morgan fingerprint density at radius 2 is 1.93 bits per heavy atom. The van der Waals surface area contributed by atoms with Gasteiger partial charge in [-0.1, -0.05) is 12.1 Å². The Labute approximate surface area is 172 Å². The molecule has 0 bridgehead atoms. The highest BCUT2D eigenvalue weighted by Crippen LogP contribution is 2.27. The first-order valence-corrected chi connectivity index (χ1v) is 10.6. The summed E-state index contributed by atoms with van der Waals surface area (Å²) < 4.78 is 8.01. The summed E-state index contributed by atoms with van der Waals surface area (Å²) in [6, 6.07) is 9.47. The van der Waals surface area contributed by atoms with Gasteiger partial charge in [0.25, 0.3) is 0 Å². The Kier molecular flexibility index (Phi) is 5.92. The average Bonchev–Trinajstić information content (AvgIpc) is 3.33. The number of anilines is 1. The number of hydrogen-bond donors (Lipinski definition) is 1. The van der Waals surface area contributed by atoms with Crippen LogP contribution in [0.1, 0.15) is 34.6 Å². The van der Waals surface area contributed by atoms with Crippen molar-refractivity contribution in [2.75, 3.05) is 44.2 Å². The highest BCUT2D eigenvalue weighted by atomic mass is 16.5. The topological polar surface area (TPSA) is 57.9 Å². The number of phenolic OH excluding ortho intramolecular Hbond substituents is 1. The van der Waals surface area contributed by atoms with E-state index in [1.807, 2.05) is 31.2 Å². The molecule has 1 aromatic carbocycles. The Morgan fingerprint density at radius 3 is 2.62 bits per heavy atom. The lowest BCUT2D eigenvalue weighted by molar-refractivity contribution is 0.0918. The maximum absolute atomic E-state index is 13.0. The van der Waals surface area contributed by atoms with Gasteiger partial charge in [0.05, 0.1) is 18.3 Å². The van der Waals surface area contributed by atoms with Gasteiger partial charge in [0, 0.05) is 56.3 Å². The molecule has 2 aliphatic rings. The molecule has 4 rings (SSSR count). The molecule has 29 heavy (non-hydrogen) atoms. The van der Waals surface area contributed by atoms with Crippen molar-refractivity contribution in [1.29, 1.82) is 0 Å². The third-order valence-corrected chi connectivity index (χ3v) is 6.25. The molecule has 1 N–H and O–H groups in total. The molecule has 2 aromatic rings. The number of benzene rings is 1. The van der Waals surface area contributed by atoms with Crippen molar-refractivity contribution >= 4 is 11.5 Å². The van der Waals surface area contributed by atoms with E-state index in [9.17, 15) is 9.90 Å². The maximum atomic E-state index is 13.0. The van der Waals surface area contributed by atoms with Crippen LogP contribution < -0.4 is 4.90 Å². The predicted octanol–water partition coefficient (Wildman–Crippen LogP) is 2.99. The van der Waals surface area contributed by atoms with Gasteiger partial charge in [-0.3, -0.25) is 9.69 Å². The number of nitrogens with zero attached hydrogens (tertiary/aromatic N) is 3. The van der Waals surface area contributed by atoms with Crippen molar-refractivity contribution in [3.8, 4) is 5.75 Å². The summed E-state index contributed by atoms with van der Waals surface area (Å²) in [6.45, 7) is 9.50. The van der Waals surface area contributed by atoms with E-state index < -0.39 is 0 Å². The average molecular weight is 398 g/mol. The zero-order chi connectivity index (χ0) is 20.4.